The number of nitrogens with one attached hydrogen (secondary N) is 1. The van der Waals surface area contributed by atoms with Gasteiger partial charge in [0.2, 0.25) is 0 Å². The first-order chi connectivity index (χ1) is 10.7. The molecular weight excluding hydrogens is 294 g/mol. The van der Waals surface area contributed by atoms with Crippen molar-refractivity contribution in [3.05, 3.63) is 82.1 Å². The smallest absolute Gasteiger partial charge is 0.256 e. The minimum absolute atomic E-state index is 0.122. The van der Waals surface area contributed by atoms with Gasteiger partial charge < -0.3 is 4.98 Å². The quantitative estimate of drug-likeness (QED) is 0.527. The molecule has 1 N–H and O–H groups in total. The minimum atomic E-state index is -0.122. The van der Waals surface area contributed by atoms with Gasteiger partial charge in [0, 0.05) is 21.7 Å². The van der Waals surface area contributed by atoms with E-state index in [0.717, 1.165) is 27.4 Å². The van der Waals surface area contributed by atoms with Gasteiger partial charge in [0.15, 0.2) is 0 Å². The number of pyridine rings is 1. The van der Waals surface area contributed by atoms with Gasteiger partial charge in [-0.15, -0.1) is 0 Å². The number of rotatable bonds is 1. The van der Waals surface area contributed by atoms with E-state index in [2.05, 4.69) is 23.2 Å². The number of aromatic amines is 1. The predicted molar refractivity (Wildman–Crippen MR) is 92.5 cm³/mol. The van der Waals surface area contributed by atoms with Crippen molar-refractivity contribution in [2.75, 3.05) is 0 Å². The number of H-pyrrole nitrogens is 1. The molecule has 0 amide bonds. The molecule has 106 valence electrons. The zero-order valence-corrected chi connectivity index (χ0v) is 12.4. The summed E-state index contributed by atoms with van der Waals surface area (Å²) in [6.45, 7) is 0. The molecule has 0 radical (unpaired) electrons. The van der Waals surface area contributed by atoms with Crippen molar-refractivity contribution in [3.8, 4) is 11.3 Å². The van der Waals surface area contributed by atoms with Crippen LogP contribution in [0, 0.1) is 0 Å². The minimum Gasteiger partial charge on any atom is -0.321 e. The molecule has 2 nitrogen and oxygen atoms in total. The fourth-order valence-corrected chi connectivity index (χ4v) is 3.01. The van der Waals surface area contributed by atoms with E-state index in [4.69, 9.17) is 11.6 Å². The number of benzene rings is 3. The number of hydrogen-bond donors (Lipinski definition) is 1. The number of hydrogen-bond acceptors (Lipinski definition) is 1. The third kappa shape index (κ3) is 2.09. The third-order valence-corrected chi connectivity index (χ3v) is 4.12. The molecule has 1 heterocycles. The van der Waals surface area contributed by atoms with E-state index in [1.54, 1.807) is 12.1 Å². The predicted octanol–water partition coefficient (Wildman–Crippen LogP) is 5.00. The Kier molecular flexibility index (Phi) is 2.98. The van der Waals surface area contributed by atoms with E-state index >= 15 is 0 Å². The van der Waals surface area contributed by atoms with Crippen LogP contribution in [0.1, 0.15) is 0 Å². The fraction of sp³-hybridized carbons (Fsp3) is 0. The van der Waals surface area contributed by atoms with E-state index in [1.165, 1.54) is 0 Å². The van der Waals surface area contributed by atoms with Crippen molar-refractivity contribution in [1.29, 1.82) is 0 Å². The van der Waals surface area contributed by atoms with Crippen LogP contribution >= 0.6 is 11.6 Å². The van der Waals surface area contributed by atoms with Gasteiger partial charge in [-0.3, -0.25) is 4.79 Å². The standard InChI is InChI=1S/C19H12ClNO/c20-14-9-8-13-10-18(21-19(22)17(13)11-14)16-7-3-5-12-4-1-2-6-15(12)16/h1-11H,(H,21,22). The first kappa shape index (κ1) is 13.1. The van der Waals surface area contributed by atoms with Crippen LogP contribution in [0.3, 0.4) is 0 Å². The molecule has 1 aromatic heterocycles. The Morgan fingerprint density at radius 1 is 0.773 bits per heavy atom. The Balaban J connectivity index is 2.05. The molecule has 0 atom stereocenters. The van der Waals surface area contributed by atoms with Crippen molar-refractivity contribution in [2.45, 2.75) is 0 Å². The van der Waals surface area contributed by atoms with Crippen LogP contribution in [-0.2, 0) is 0 Å². The molecule has 0 saturated heterocycles. The Hall–Kier alpha value is -2.58. The number of fused-ring (bicyclic) bond motifs is 2. The van der Waals surface area contributed by atoms with Gasteiger partial charge in [-0.2, -0.15) is 0 Å². The van der Waals surface area contributed by atoms with Crippen molar-refractivity contribution >= 4 is 33.1 Å². The maximum atomic E-state index is 12.3. The second kappa shape index (κ2) is 5.00. The topological polar surface area (TPSA) is 32.9 Å². The van der Waals surface area contributed by atoms with Crippen LogP contribution in [0.5, 0.6) is 0 Å². The van der Waals surface area contributed by atoms with Crippen LogP contribution in [0.2, 0.25) is 5.02 Å². The highest BCUT2D eigenvalue weighted by Crippen LogP contribution is 2.28. The van der Waals surface area contributed by atoms with Crippen LogP contribution in [0.25, 0.3) is 32.8 Å². The zero-order valence-electron chi connectivity index (χ0n) is 11.6. The third-order valence-electron chi connectivity index (χ3n) is 3.89. The summed E-state index contributed by atoms with van der Waals surface area (Å²) < 4.78 is 0. The summed E-state index contributed by atoms with van der Waals surface area (Å²) in [6, 6.07) is 21.6. The maximum Gasteiger partial charge on any atom is 0.256 e. The summed E-state index contributed by atoms with van der Waals surface area (Å²) in [5, 5.41) is 4.33. The summed E-state index contributed by atoms with van der Waals surface area (Å²) in [5.74, 6) is 0. The van der Waals surface area contributed by atoms with Crippen LogP contribution < -0.4 is 5.56 Å². The van der Waals surface area contributed by atoms with Gasteiger partial charge in [0.25, 0.3) is 5.56 Å². The first-order valence-corrected chi connectivity index (χ1v) is 7.41. The molecule has 0 saturated carbocycles. The van der Waals surface area contributed by atoms with Crippen LogP contribution in [0.4, 0.5) is 0 Å². The molecule has 0 fully saturated rings. The Morgan fingerprint density at radius 3 is 2.50 bits per heavy atom. The van der Waals surface area contributed by atoms with Gasteiger partial charge >= 0.3 is 0 Å². The van der Waals surface area contributed by atoms with Crippen molar-refractivity contribution in [1.82, 2.24) is 4.98 Å². The largest absolute Gasteiger partial charge is 0.321 e. The second-order valence-electron chi connectivity index (χ2n) is 5.27. The highest BCUT2D eigenvalue weighted by molar-refractivity contribution is 6.31. The molecule has 4 aromatic rings. The van der Waals surface area contributed by atoms with Gasteiger partial charge in [-0.1, -0.05) is 60.1 Å². The molecule has 0 aliphatic carbocycles. The second-order valence-corrected chi connectivity index (χ2v) is 5.71. The molecule has 22 heavy (non-hydrogen) atoms. The number of aromatic nitrogens is 1. The maximum absolute atomic E-state index is 12.3. The van der Waals surface area contributed by atoms with E-state index in [-0.39, 0.29) is 5.56 Å². The number of halogens is 1. The molecule has 4 rings (SSSR count). The average Bonchev–Trinajstić information content (AvgIpc) is 2.55. The van der Waals surface area contributed by atoms with Crippen molar-refractivity contribution < 1.29 is 0 Å². The lowest BCUT2D eigenvalue weighted by Crippen LogP contribution is -2.07. The lowest BCUT2D eigenvalue weighted by Gasteiger charge is -2.08. The molecule has 0 bridgehead atoms. The van der Waals surface area contributed by atoms with Crippen molar-refractivity contribution in [2.24, 2.45) is 0 Å². The fourth-order valence-electron chi connectivity index (χ4n) is 2.84. The van der Waals surface area contributed by atoms with Crippen molar-refractivity contribution in [3.63, 3.8) is 0 Å². The summed E-state index contributed by atoms with van der Waals surface area (Å²) in [6.07, 6.45) is 0. The first-order valence-electron chi connectivity index (χ1n) is 7.03. The normalized spacial score (nSPS) is 11.1. The Morgan fingerprint density at radius 2 is 1.59 bits per heavy atom. The van der Waals surface area contributed by atoms with Gasteiger partial charge in [0.05, 0.1) is 0 Å². The summed E-state index contributed by atoms with van der Waals surface area (Å²) in [7, 11) is 0. The molecule has 0 unspecified atom stereocenters. The van der Waals surface area contributed by atoms with E-state index in [1.807, 2.05) is 36.4 Å². The Bertz CT molecular complexity index is 1060. The summed E-state index contributed by atoms with van der Waals surface area (Å²) in [5.41, 5.74) is 1.71. The average molecular weight is 306 g/mol. The lowest BCUT2D eigenvalue weighted by atomic mass is 10.0. The van der Waals surface area contributed by atoms with Gasteiger partial charge in [0.1, 0.15) is 0 Å². The highest BCUT2D eigenvalue weighted by Gasteiger charge is 2.07. The molecule has 3 aromatic carbocycles. The molecule has 0 spiro atoms. The Labute approximate surface area is 132 Å². The SMILES string of the molecule is O=c1[nH]c(-c2cccc3ccccc23)cc2ccc(Cl)cc12. The van der Waals surface area contributed by atoms with E-state index in [9.17, 15) is 4.79 Å². The monoisotopic (exact) mass is 305 g/mol. The molecule has 0 aliphatic rings. The highest BCUT2D eigenvalue weighted by atomic mass is 35.5. The summed E-state index contributed by atoms with van der Waals surface area (Å²) >= 11 is 5.97. The lowest BCUT2D eigenvalue weighted by molar-refractivity contribution is 1.28. The molecule has 0 aliphatic heterocycles. The summed E-state index contributed by atoms with van der Waals surface area (Å²) in [4.78, 5) is 15.3. The molecular formula is C19H12ClNO. The van der Waals surface area contributed by atoms with Crippen LogP contribution in [-0.4, -0.2) is 4.98 Å². The van der Waals surface area contributed by atoms with E-state index in [0.29, 0.717) is 10.4 Å². The van der Waals surface area contributed by atoms with Crippen LogP contribution in [0.15, 0.2) is 71.5 Å². The zero-order chi connectivity index (χ0) is 15.1. The van der Waals surface area contributed by atoms with Gasteiger partial charge in [-0.05, 0) is 34.4 Å². The van der Waals surface area contributed by atoms with E-state index < -0.39 is 0 Å². The molecule has 3 heteroatoms. The van der Waals surface area contributed by atoms with Gasteiger partial charge in [-0.25, -0.2) is 0 Å².